The highest BCUT2D eigenvalue weighted by Crippen LogP contribution is 2.46. The summed E-state index contributed by atoms with van der Waals surface area (Å²) < 4.78 is 0. The summed E-state index contributed by atoms with van der Waals surface area (Å²) in [6.07, 6.45) is 18.5. The Balaban J connectivity index is 1.76. The minimum absolute atomic E-state index is 1.01. The van der Waals surface area contributed by atoms with Crippen LogP contribution < -0.4 is 0 Å². The van der Waals surface area contributed by atoms with Crippen LogP contribution in [0.3, 0.4) is 0 Å². The molecule has 102 valence electrons. The molecule has 0 N–H and O–H groups in total. The lowest BCUT2D eigenvalue weighted by Gasteiger charge is -2.42. The zero-order valence-electron chi connectivity index (χ0n) is 11.9. The molecule has 0 heteroatoms. The number of fused-ring (bicyclic) bond motifs is 1. The maximum absolute atomic E-state index is 3.86. The predicted molar refractivity (Wildman–Crippen MR) is 80.5 cm³/mol. The Hall–Kier alpha value is -0.520. The fourth-order valence-corrected chi connectivity index (χ4v) is 4.32. The van der Waals surface area contributed by atoms with Gasteiger partial charge in [0.15, 0.2) is 0 Å². The molecule has 0 nitrogen and oxygen atoms in total. The molecular formula is C18H30. The van der Waals surface area contributed by atoms with Crippen LogP contribution in [-0.2, 0) is 0 Å². The maximum atomic E-state index is 3.86. The third kappa shape index (κ3) is 3.73. The summed E-state index contributed by atoms with van der Waals surface area (Å²) in [6, 6.07) is 0. The van der Waals surface area contributed by atoms with E-state index in [0.717, 1.165) is 23.7 Å². The lowest BCUT2D eigenvalue weighted by atomic mass is 9.64. The summed E-state index contributed by atoms with van der Waals surface area (Å²) in [7, 11) is 0. The number of hydrogen-bond acceptors (Lipinski definition) is 0. The van der Waals surface area contributed by atoms with Crippen LogP contribution in [0.2, 0.25) is 0 Å². The number of hydrogen-bond donors (Lipinski definition) is 0. The average Bonchev–Trinajstić information content (AvgIpc) is 2.42. The lowest BCUT2D eigenvalue weighted by molar-refractivity contribution is 0.0930. The second kappa shape index (κ2) is 7.16. The number of rotatable bonds is 6. The standard InChI is InChI=1S/C18H30/c1-3-5-7-15-9-11-18-14-16(8-6-4-2)10-12-17(18)13-15/h3-4,15-18H,1-2,5-14H2/t15-,16?,17?,18-/m1/s1. The SMILES string of the molecule is C=CCCC1CCC2C[C@H](CCC=C)CC[C@@H]2C1. The highest BCUT2D eigenvalue weighted by atomic mass is 14.4. The van der Waals surface area contributed by atoms with E-state index >= 15 is 0 Å². The van der Waals surface area contributed by atoms with Gasteiger partial charge in [0, 0.05) is 0 Å². The normalized spacial score (nSPS) is 35.8. The van der Waals surface area contributed by atoms with E-state index < -0.39 is 0 Å². The van der Waals surface area contributed by atoms with Crippen LogP contribution in [0.15, 0.2) is 25.3 Å². The van der Waals surface area contributed by atoms with Crippen molar-refractivity contribution in [3.63, 3.8) is 0 Å². The zero-order chi connectivity index (χ0) is 12.8. The van der Waals surface area contributed by atoms with Crippen LogP contribution in [0.5, 0.6) is 0 Å². The van der Waals surface area contributed by atoms with Crippen molar-refractivity contribution in [2.75, 3.05) is 0 Å². The monoisotopic (exact) mass is 246 g/mol. The van der Waals surface area contributed by atoms with Crippen molar-refractivity contribution in [2.24, 2.45) is 23.7 Å². The first-order chi connectivity index (χ1) is 8.83. The van der Waals surface area contributed by atoms with Gasteiger partial charge in [-0.05, 0) is 75.0 Å². The van der Waals surface area contributed by atoms with Gasteiger partial charge in [0.1, 0.15) is 0 Å². The molecule has 0 aromatic rings. The Bertz CT molecular complexity index is 237. The molecule has 2 fully saturated rings. The molecule has 0 amide bonds. The third-order valence-corrected chi connectivity index (χ3v) is 5.39. The van der Waals surface area contributed by atoms with Gasteiger partial charge in [-0.25, -0.2) is 0 Å². The molecule has 0 saturated heterocycles. The molecule has 4 atom stereocenters. The Labute approximate surface area is 114 Å². The topological polar surface area (TPSA) is 0 Å². The van der Waals surface area contributed by atoms with Gasteiger partial charge in [-0.15, -0.1) is 13.2 Å². The van der Waals surface area contributed by atoms with Gasteiger partial charge in [-0.1, -0.05) is 25.0 Å². The largest absolute Gasteiger partial charge is 0.103 e. The van der Waals surface area contributed by atoms with Crippen LogP contribution in [0.25, 0.3) is 0 Å². The van der Waals surface area contributed by atoms with Gasteiger partial charge in [-0.2, -0.15) is 0 Å². The van der Waals surface area contributed by atoms with Crippen LogP contribution in [0.4, 0.5) is 0 Å². The molecule has 2 unspecified atom stereocenters. The minimum Gasteiger partial charge on any atom is -0.103 e. The summed E-state index contributed by atoms with van der Waals surface area (Å²) in [5.41, 5.74) is 0. The molecule has 0 heterocycles. The molecule has 2 aliphatic carbocycles. The average molecular weight is 246 g/mol. The van der Waals surface area contributed by atoms with Crippen LogP contribution >= 0.6 is 0 Å². The van der Waals surface area contributed by atoms with Crippen molar-refractivity contribution in [3.8, 4) is 0 Å². The first-order valence-electron chi connectivity index (χ1n) is 8.05. The fraction of sp³-hybridized carbons (Fsp3) is 0.778. The molecule has 2 aliphatic rings. The zero-order valence-corrected chi connectivity index (χ0v) is 11.9. The van der Waals surface area contributed by atoms with E-state index in [-0.39, 0.29) is 0 Å². The van der Waals surface area contributed by atoms with E-state index in [2.05, 4.69) is 25.3 Å². The van der Waals surface area contributed by atoms with Gasteiger partial charge in [0.2, 0.25) is 0 Å². The minimum atomic E-state index is 1.01. The van der Waals surface area contributed by atoms with E-state index in [1.807, 2.05) is 0 Å². The molecule has 0 aromatic carbocycles. The molecular weight excluding hydrogens is 216 g/mol. The highest BCUT2D eigenvalue weighted by Gasteiger charge is 2.34. The van der Waals surface area contributed by atoms with E-state index in [1.165, 1.54) is 64.2 Å². The summed E-state index contributed by atoms with van der Waals surface area (Å²) >= 11 is 0. The predicted octanol–water partition coefficient (Wildman–Crippen LogP) is 5.75. The van der Waals surface area contributed by atoms with Crippen LogP contribution in [0, 0.1) is 23.7 Å². The number of allylic oxidation sites excluding steroid dienone is 2. The summed E-state index contributed by atoms with van der Waals surface area (Å²) in [5.74, 6) is 4.14. The smallest absolute Gasteiger partial charge is 0.0351 e. The van der Waals surface area contributed by atoms with Gasteiger partial charge in [0.25, 0.3) is 0 Å². The second-order valence-electron chi connectivity index (χ2n) is 6.61. The maximum Gasteiger partial charge on any atom is -0.0351 e. The van der Waals surface area contributed by atoms with E-state index in [0.29, 0.717) is 0 Å². The molecule has 0 bridgehead atoms. The summed E-state index contributed by atoms with van der Waals surface area (Å²) in [5, 5.41) is 0. The van der Waals surface area contributed by atoms with Gasteiger partial charge in [-0.3, -0.25) is 0 Å². The van der Waals surface area contributed by atoms with Gasteiger partial charge in [0.05, 0.1) is 0 Å². The first-order valence-corrected chi connectivity index (χ1v) is 8.05. The van der Waals surface area contributed by atoms with Gasteiger partial charge < -0.3 is 0 Å². The molecule has 0 spiro atoms. The van der Waals surface area contributed by atoms with Gasteiger partial charge >= 0.3 is 0 Å². The Kier molecular flexibility index (Phi) is 5.53. The molecule has 0 radical (unpaired) electrons. The lowest BCUT2D eigenvalue weighted by Crippen LogP contribution is -2.31. The van der Waals surface area contributed by atoms with Crippen molar-refractivity contribution in [3.05, 3.63) is 25.3 Å². The third-order valence-electron chi connectivity index (χ3n) is 5.39. The molecule has 0 aliphatic heterocycles. The fourth-order valence-electron chi connectivity index (χ4n) is 4.32. The Morgan fingerprint density at radius 2 is 1.17 bits per heavy atom. The van der Waals surface area contributed by atoms with Crippen molar-refractivity contribution in [1.29, 1.82) is 0 Å². The summed E-state index contributed by atoms with van der Waals surface area (Å²) in [4.78, 5) is 0. The second-order valence-corrected chi connectivity index (χ2v) is 6.61. The first kappa shape index (κ1) is 13.9. The molecule has 2 rings (SSSR count). The molecule has 2 saturated carbocycles. The van der Waals surface area contributed by atoms with Crippen molar-refractivity contribution in [2.45, 2.75) is 64.2 Å². The van der Waals surface area contributed by atoms with E-state index in [1.54, 1.807) is 0 Å². The van der Waals surface area contributed by atoms with Crippen LogP contribution in [-0.4, -0.2) is 0 Å². The summed E-state index contributed by atoms with van der Waals surface area (Å²) in [6.45, 7) is 7.71. The van der Waals surface area contributed by atoms with Crippen molar-refractivity contribution >= 4 is 0 Å². The van der Waals surface area contributed by atoms with E-state index in [9.17, 15) is 0 Å². The molecule has 18 heavy (non-hydrogen) atoms. The highest BCUT2D eigenvalue weighted by molar-refractivity contribution is 4.87. The van der Waals surface area contributed by atoms with E-state index in [4.69, 9.17) is 0 Å². The molecule has 0 aromatic heterocycles. The van der Waals surface area contributed by atoms with Crippen molar-refractivity contribution in [1.82, 2.24) is 0 Å². The van der Waals surface area contributed by atoms with Crippen LogP contribution in [0.1, 0.15) is 64.2 Å². The Morgan fingerprint density at radius 1 is 0.722 bits per heavy atom. The van der Waals surface area contributed by atoms with Crippen molar-refractivity contribution < 1.29 is 0 Å². The Morgan fingerprint density at radius 3 is 1.56 bits per heavy atom. The quantitative estimate of drug-likeness (QED) is 0.523.